The Morgan fingerprint density at radius 2 is 0.660 bits per heavy atom. The monoisotopic (exact) mass is 2270 g/mol. The molecule has 2 saturated heterocycles. The van der Waals surface area contributed by atoms with Crippen LogP contribution in [0.2, 0.25) is 0 Å². The molecule has 2 amide bonds. The van der Waals surface area contributed by atoms with E-state index in [1.165, 1.54) is 86.6 Å². The maximum atomic E-state index is 12.9. The van der Waals surface area contributed by atoms with E-state index in [1.54, 1.807) is 59.9 Å². The quantitative estimate of drug-likeness (QED) is 0.0112. The van der Waals surface area contributed by atoms with E-state index >= 15 is 0 Å². The first-order chi connectivity index (χ1) is 70.7. The van der Waals surface area contributed by atoms with Crippen molar-refractivity contribution in [3.63, 3.8) is 0 Å². The molecular weight excluding hydrogens is 2150 g/mol. The summed E-state index contributed by atoms with van der Waals surface area (Å²) in [4.78, 5) is 65.6. The topological polar surface area (TPSA) is 187 Å². The number of rotatable bonds is 23. The normalized spacial score (nSPS) is 14.4. The zero-order valence-electron chi connectivity index (χ0n) is 84.0. The van der Waals surface area contributed by atoms with E-state index in [2.05, 4.69) is 395 Å². The number of thiazole rings is 2. The van der Waals surface area contributed by atoms with Crippen LogP contribution in [0.3, 0.4) is 0 Å². The van der Waals surface area contributed by atoms with Gasteiger partial charge in [-0.05, 0) is 212 Å². The van der Waals surface area contributed by atoms with Crippen LogP contribution in [0, 0.1) is 17.3 Å². The van der Waals surface area contributed by atoms with E-state index in [0.717, 1.165) is 48.1 Å². The van der Waals surface area contributed by atoms with Crippen LogP contribution < -0.4 is 63.7 Å². The summed E-state index contributed by atoms with van der Waals surface area (Å²) in [6.07, 6.45) is 9.57. The van der Waals surface area contributed by atoms with Gasteiger partial charge >= 0.3 is 66.8 Å². The number of carbonyl (C=O) groups excluding carboxylic acids is 4. The van der Waals surface area contributed by atoms with Crippen molar-refractivity contribution in [2.24, 2.45) is 11.8 Å². The number of nitrogens with zero attached hydrogens (tertiary/aromatic N) is 6. The molecule has 147 heavy (non-hydrogen) atoms. The second kappa shape index (κ2) is 62.3. The largest absolute Gasteiger partial charge is 0.394 e. The Kier molecular flexibility index (Phi) is 50.2. The summed E-state index contributed by atoms with van der Waals surface area (Å²) < 4.78 is 85.9. The molecule has 0 spiro atoms. The van der Waals surface area contributed by atoms with E-state index in [0.29, 0.717) is 52.2 Å². The van der Waals surface area contributed by atoms with Gasteiger partial charge < -0.3 is 37.9 Å². The van der Waals surface area contributed by atoms with Crippen LogP contribution in [0.15, 0.2) is 405 Å². The van der Waals surface area contributed by atoms with Crippen molar-refractivity contribution >= 4 is 168 Å². The van der Waals surface area contributed by atoms with Crippen molar-refractivity contribution in [2.45, 2.75) is 123 Å². The summed E-state index contributed by atoms with van der Waals surface area (Å²) in [7, 11) is -2.76. The predicted octanol–water partition coefficient (Wildman–Crippen LogP) is 22.2. The van der Waals surface area contributed by atoms with E-state index in [1.807, 2.05) is 44.7 Å². The van der Waals surface area contributed by atoms with Crippen LogP contribution >= 0.6 is 64.1 Å². The molecule has 6 heterocycles. The molecule has 2 unspecified atom stereocenters. The summed E-state index contributed by atoms with van der Waals surface area (Å²) >= 11 is 3.97. The Morgan fingerprint density at radius 3 is 0.844 bits per heavy atom. The molecule has 2 atom stereocenters. The third kappa shape index (κ3) is 38.2. The molecule has 2 fully saturated rings. The number of likely N-dealkylation sites (tertiary alicyclic amines) is 2. The van der Waals surface area contributed by atoms with Crippen LogP contribution in [-0.4, -0.2) is 156 Å². The molecule has 0 bridgehead atoms. The van der Waals surface area contributed by atoms with Crippen LogP contribution in [-0.2, 0) is 80.6 Å². The number of hydrogen-bond donors (Lipinski definition) is 0. The minimum absolute atomic E-state index is 0. The average Bonchev–Trinajstić information content (AvgIpc) is 1.62. The van der Waals surface area contributed by atoms with Crippen LogP contribution in [0.25, 0.3) is 5.57 Å². The van der Waals surface area contributed by atoms with Gasteiger partial charge in [-0.2, -0.15) is 21.6 Å². The van der Waals surface area contributed by atoms with Crippen molar-refractivity contribution < 1.29 is 102 Å². The summed E-state index contributed by atoms with van der Waals surface area (Å²) in [5.74, 6) is -0.922. The number of carbonyl (C=O) groups is 4. The van der Waals surface area contributed by atoms with Gasteiger partial charge in [-0.15, -0.1) is 22.9 Å². The van der Waals surface area contributed by atoms with Gasteiger partial charge in [-0.3, -0.25) is 30.7 Å². The van der Waals surface area contributed by atoms with Gasteiger partial charge in [-0.1, -0.05) is 370 Å². The van der Waals surface area contributed by atoms with Gasteiger partial charge in [-0.25, -0.2) is 14.6 Å². The van der Waals surface area contributed by atoms with Gasteiger partial charge in [0.05, 0.1) is 13.2 Å². The molecule has 4 aliphatic heterocycles. The molecule has 0 radical (unpaired) electrons. The van der Waals surface area contributed by atoms with Gasteiger partial charge in [0.2, 0.25) is 0 Å². The summed E-state index contributed by atoms with van der Waals surface area (Å²) in [5.41, 5.74) is -2.73. The van der Waals surface area contributed by atoms with E-state index in [9.17, 15) is 40.8 Å². The molecule has 4 aliphatic rings. The number of ether oxygens (including phenoxy) is 4. The molecule has 14 aromatic rings. The Morgan fingerprint density at radius 1 is 0.401 bits per heavy atom. The molecule has 768 valence electrons. The maximum absolute atomic E-state index is 12.9. The standard InChI is InChI=1S/C22H33N3O4S.C20H31F3N2O7S.4C18H15P.C3H2NS.ClH.Pd.Zn/c1-5-28-20(26)18(24-11-8-17(9-12-24)19-23-10-15-30-19)16-6-13-25(14-7-16)21(27)29-22(2,3)4;1-5-30-17(26)16(14-6-10-25(11-7-14)18(27)31-19(2,3)4)24-12-8-15(9-13-24)32-33(28,29)20(21,22)23;4*1-4-10-16(11-5-1)19(17-12-6-2-7-13-17)18-14-8-3-9-15-18;1-2-5-3-4-1;;;/h8,10,15-16,18H,5-7,9,11-14H2,1-4H3;8,14,16H,5-7,9-13H2,1-4H3;4*1-15H;1-2H;1H;;/q;;;;;;-1;;;+2/p-1. The number of halogens is 4. The second-order valence-corrected chi connectivity index (χ2v) is 47.7. The number of hydrogen-bond acceptors (Lipinski definition) is 17. The van der Waals surface area contributed by atoms with Crippen LogP contribution in [0.4, 0.5) is 22.8 Å². The van der Waals surface area contributed by atoms with Crippen molar-refractivity contribution in [2.75, 3.05) is 65.6 Å². The van der Waals surface area contributed by atoms with Gasteiger partial charge in [0.25, 0.3) is 0 Å². The van der Waals surface area contributed by atoms with Gasteiger partial charge in [0, 0.05) is 90.8 Å². The zero-order chi connectivity index (χ0) is 104. The molecule has 0 N–H and O–H groups in total. The van der Waals surface area contributed by atoms with E-state index in [4.69, 9.17) is 28.6 Å². The Hall–Kier alpha value is -10.4. The third-order valence-corrected chi connectivity index (χ3v) is 35.3. The fourth-order valence-corrected chi connectivity index (χ4v) is 27.5. The zero-order valence-corrected chi connectivity index (χ0v) is 95.3. The Balaban J connectivity index is 0.000000180. The predicted molar refractivity (Wildman–Crippen MR) is 596 cm³/mol. The average molecular weight is 2280 g/mol. The van der Waals surface area contributed by atoms with Crippen molar-refractivity contribution in [1.29, 1.82) is 0 Å². The molecular formula is C117H126ClF3N6O11P4PdS3Zn. The molecule has 0 aliphatic carbocycles. The third-order valence-electron chi connectivity index (χ3n) is 23.2. The fourth-order valence-electron chi connectivity index (χ4n) is 16.7. The van der Waals surface area contributed by atoms with Crippen molar-refractivity contribution in [3.8, 4) is 0 Å². The van der Waals surface area contributed by atoms with Gasteiger partial charge in [0.1, 0.15) is 34.1 Å². The SMILES string of the molecule is CCOC(=O)C(C1CCN(C(=O)OC(C)(C)C)CC1)N1CC=C(OS(=O)(=O)C(F)(F)F)CC1.CCOC(=O)C(C1CCN(C(=O)OC(C)(C)C)CC1)N1CC=C(c2nccs2)CC1.[Cl][Zn+].[Pd].[c-]1nccs1.c1ccc(P(c2ccccc2)c2ccccc2)cc1.c1ccc(P(c2ccccc2)c2ccccc2)cc1.c1ccc(P(c2ccccc2)c2ccccc2)cc1.c1ccc(P(c2ccccc2)c2ccccc2)cc1. The minimum Gasteiger partial charge on any atom is -0.394 e. The number of benzene rings is 12. The first-order valence-corrected chi connectivity index (χ1v) is 61.1. The summed E-state index contributed by atoms with van der Waals surface area (Å²) in [5, 5.41) is 21.7. The molecule has 17 nitrogen and oxygen atoms in total. The first kappa shape index (κ1) is 118. The number of esters is 2. The van der Waals surface area contributed by atoms with Crippen LogP contribution in [0.1, 0.15) is 98.9 Å². The van der Waals surface area contributed by atoms with Crippen molar-refractivity contribution in [1.82, 2.24) is 29.6 Å². The number of alkyl halides is 3. The molecule has 12 aromatic carbocycles. The maximum Gasteiger partial charge on any atom is 0 e. The minimum atomic E-state index is -5.74. The smallest absolute Gasteiger partial charge is 0 e. The number of amides is 2. The Labute approximate surface area is 906 Å². The van der Waals surface area contributed by atoms with Crippen LogP contribution in [0.5, 0.6) is 0 Å². The molecule has 30 heteroatoms. The molecule has 18 rings (SSSR count). The summed E-state index contributed by atoms with van der Waals surface area (Å²) in [6, 6.07) is 128. The number of aromatic nitrogens is 2. The molecule has 0 saturated carbocycles. The van der Waals surface area contributed by atoms with E-state index in [-0.39, 0.29) is 82.2 Å². The second-order valence-electron chi connectivity index (χ2n) is 35.7. The fraction of sp³-hybridized carbons (Fsp3) is 0.265. The molecule has 2 aromatic heterocycles. The van der Waals surface area contributed by atoms with Gasteiger partial charge in [0.15, 0.2) is 0 Å². The first-order valence-electron chi connectivity index (χ1n) is 48.6. The Bertz CT molecular complexity index is 5420. The summed E-state index contributed by atoms with van der Waals surface area (Å²) in [6.45, 7) is 18.6. The van der Waals surface area contributed by atoms with Crippen molar-refractivity contribution in [3.05, 3.63) is 416 Å². The van der Waals surface area contributed by atoms with E-state index < -0.39 is 76.6 Å². The number of piperidine rings is 2.